The van der Waals surface area contributed by atoms with Crippen molar-refractivity contribution in [3.63, 3.8) is 0 Å². The highest BCUT2D eigenvalue weighted by Gasteiger charge is 2.36. The highest BCUT2D eigenvalue weighted by molar-refractivity contribution is 4.95. The molecule has 1 saturated carbocycles. The van der Waals surface area contributed by atoms with E-state index in [9.17, 15) is 0 Å². The van der Waals surface area contributed by atoms with Gasteiger partial charge in [-0.15, -0.1) is 0 Å². The van der Waals surface area contributed by atoms with Crippen molar-refractivity contribution in [2.75, 3.05) is 19.7 Å². The van der Waals surface area contributed by atoms with Crippen LogP contribution in [0.4, 0.5) is 0 Å². The van der Waals surface area contributed by atoms with Crippen LogP contribution in [0, 0.1) is 5.92 Å². The zero-order chi connectivity index (χ0) is 10.7. The molecule has 1 heterocycles. The Morgan fingerprint density at radius 2 is 2.27 bits per heavy atom. The van der Waals surface area contributed by atoms with E-state index >= 15 is 0 Å². The maximum absolute atomic E-state index is 5.94. The van der Waals surface area contributed by atoms with Gasteiger partial charge >= 0.3 is 0 Å². The van der Waals surface area contributed by atoms with Gasteiger partial charge in [-0.1, -0.05) is 6.92 Å². The first-order chi connectivity index (χ1) is 7.28. The molecule has 2 rings (SSSR count). The highest BCUT2D eigenvalue weighted by Crippen LogP contribution is 2.31. The smallest absolute Gasteiger partial charge is 0.0590 e. The first-order valence-corrected chi connectivity index (χ1v) is 6.35. The second kappa shape index (κ2) is 4.81. The Morgan fingerprint density at radius 3 is 2.87 bits per heavy atom. The Labute approximate surface area is 92.7 Å². The predicted molar refractivity (Wildman–Crippen MR) is 61.8 cm³/mol. The van der Waals surface area contributed by atoms with E-state index in [4.69, 9.17) is 10.5 Å². The lowest BCUT2D eigenvalue weighted by molar-refractivity contribution is -0.0281. The molecule has 2 aliphatic rings. The van der Waals surface area contributed by atoms with Gasteiger partial charge in [-0.3, -0.25) is 0 Å². The number of nitrogens with two attached hydrogens (primary N) is 1. The lowest BCUT2D eigenvalue weighted by Crippen LogP contribution is -2.57. The third-order valence-corrected chi connectivity index (χ3v) is 3.86. The summed E-state index contributed by atoms with van der Waals surface area (Å²) in [5, 5.41) is 3.71. The molecular weight excluding hydrogens is 188 g/mol. The van der Waals surface area contributed by atoms with Gasteiger partial charge in [-0.25, -0.2) is 0 Å². The average molecular weight is 212 g/mol. The van der Waals surface area contributed by atoms with Crippen LogP contribution in [0.5, 0.6) is 0 Å². The Morgan fingerprint density at radius 1 is 1.47 bits per heavy atom. The topological polar surface area (TPSA) is 47.3 Å². The summed E-state index contributed by atoms with van der Waals surface area (Å²) in [4.78, 5) is 0. The molecule has 2 fully saturated rings. The molecule has 15 heavy (non-hydrogen) atoms. The van der Waals surface area contributed by atoms with Gasteiger partial charge in [0.25, 0.3) is 0 Å². The molecular formula is C12H24N2O. The van der Waals surface area contributed by atoms with Gasteiger partial charge in [-0.05, 0) is 44.6 Å². The van der Waals surface area contributed by atoms with Gasteiger partial charge in [-0.2, -0.15) is 0 Å². The Balaban J connectivity index is 1.86. The highest BCUT2D eigenvalue weighted by atomic mass is 16.5. The van der Waals surface area contributed by atoms with E-state index in [0.717, 1.165) is 44.9 Å². The van der Waals surface area contributed by atoms with Crippen LogP contribution in [-0.4, -0.2) is 31.3 Å². The normalized spacial score (nSPS) is 36.8. The molecule has 1 saturated heterocycles. The summed E-state index contributed by atoms with van der Waals surface area (Å²) in [6, 6.07) is 0. The van der Waals surface area contributed by atoms with Crippen molar-refractivity contribution in [3.05, 3.63) is 0 Å². The van der Waals surface area contributed by atoms with Crippen LogP contribution in [0.25, 0.3) is 0 Å². The fourth-order valence-electron chi connectivity index (χ4n) is 2.38. The molecule has 1 aliphatic heterocycles. The van der Waals surface area contributed by atoms with E-state index in [1.54, 1.807) is 0 Å². The van der Waals surface area contributed by atoms with E-state index in [1.807, 2.05) is 0 Å². The monoisotopic (exact) mass is 212 g/mol. The van der Waals surface area contributed by atoms with Crippen molar-refractivity contribution in [1.29, 1.82) is 0 Å². The van der Waals surface area contributed by atoms with E-state index in [0.29, 0.717) is 6.10 Å². The molecule has 1 aliphatic carbocycles. The molecule has 0 amide bonds. The van der Waals surface area contributed by atoms with Crippen LogP contribution < -0.4 is 11.1 Å². The number of rotatable bonds is 5. The summed E-state index contributed by atoms with van der Waals surface area (Å²) in [7, 11) is 0. The molecule has 3 nitrogen and oxygen atoms in total. The van der Waals surface area contributed by atoms with E-state index in [-0.39, 0.29) is 5.54 Å². The molecule has 3 N–H and O–H groups in total. The molecule has 0 spiro atoms. The molecule has 88 valence electrons. The van der Waals surface area contributed by atoms with Gasteiger partial charge in [0, 0.05) is 18.7 Å². The largest absolute Gasteiger partial charge is 0.378 e. The van der Waals surface area contributed by atoms with Crippen LogP contribution in [-0.2, 0) is 4.74 Å². The first-order valence-electron chi connectivity index (χ1n) is 6.35. The van der Waals surface area contributed by atoms with Crippen LogP contribution in [0.1, 0.15) is 39.0 Å². The van der Waals surface area contributed by atoms with E-state index < -0.39 is 0 Å². The first kappa shape index (κ1) is 11.4. The molecule has 2 unspecified atom stereocenters. The number of hydrogen-bond donors (Lipinski definition) is 2. The number of hydrogen-bond acceptors (Lipinski definition) is 3. The second-order valence-electron chi connectivity index (χ2n) is 5.16. The quantitative estimate of drug-likeness (QED) is 0.721. The van der Waals surface area contributed by atoms with Gasteiger partial charge in [0.15, 0.2) is 0 Å². The number of ether oxygens (including phenoxy) is 1. The Bertz CT molecular complexity index is 206. The standard InChI is InChI=1S/C12H24N2O/c1-2-11-7-12(9-13,5-6-15-11)14-8-10-3-4-10/h10-11,14H,2-9,13H2,1H3. The van der Waals surface area contributed by atoms with Crippen molar-refractivity contribution in [2.24, 2.45) is 11.7 Å². The summed E-state index contributed by atoms with van der Waals surface area (Å²) in [6.07, 6.45) is 6.49. The SMILES string of the molecule is CCC1CC(CN)(NCC2CC2)CCO1. The van der Waals surface area contributed by atoms with Gasteiger partial charge in [0.1, 0.15) is 0 Å². The lowest BCUT2D eigenvalue weighted by Gasteiger charge is -2.41. The zero-order valence-corrected chi connectivity index (χ0v) is 9.80. The third kappa shape index (κ3) is 2.92. The summed E-state index contributed by atoms with van der Waals surface area (Å²) >= 11 is 0. The third-order valence-electron chi connectivity index (χ3n) is 3.86. The summed E-state index contributed by atoms with van der Waals surface area (Å²) in [6.45, 7) is 4.97. The molecule has 0 aromatic carbocycles. The van der Waals surface area contributed by atoms with Crippen molar-refractivity contribution in [3.8, 4) is 0 Å². The van der Waals surface area contributed by atoms with E-state index in [2.05, 4.69) is 12.2 Å². The number of nitrogens with one attached hydrogen (secondary N) is 1. The van der Waals surface area contributed by atoms with Crippen LogP contribution >= 0.6 is 0 Å². The molecule has 3 heteroatoms. The molecule has 0 aromatic heterocycles. The van der Waals surface area contributed by atoms with Crippen molar-refractivity contribution in [1.82, 2.24) is 5.32 Å². The van der Waals surface area contributed by atoms with Crippen LogP contribution in [0.3, 0.4) is 0 Å². The van der Waals surface area contributed by atoms with Crippen LogP contribution in [0.15, 0.2) is 0 Å². The van der Waals surface area contributed by atoms with Crippen molar-refractivity contribution >= 4 is 0 Å². The molecule has 0 bridgehead atoms. The molecule has 0 radical (unpaired) electrons. The summed E-state index contributed by atoms with van der Waals surface area (Å²) in [5.74, 6) is 0.927. The summed E-state index contributed by atoms with van der Waals surface area (Å²) < 4.78 is 5.71. The van der Waals surface area contributed by atoms with Crippen molar-refractivity contribution in [2.45, 2.75) is 50.7 Å². The fraction of sp³-hybridized carbons (Fsp3) is 1.00. The average Bonchev–Trinajstić information content (AvgIpc) is 3.10. The fourth-order valence-corrected chi connectivity index (χ4v) is 2.38. The molecule has 0 aromatic rings. The minimum atomic E-state index is 0.168. The van der Waals surface area contributed by atoms with Gasteiger partial charge in [0.05, 0.1) is 6.10 Å². The Hall–Kier alpha value is -0.120. The zero-order valence-electron chi connectivity index (χ0n) is 9.80. The Kier molecular flexibility index (Phi) is 3.65. The van der Waals surface area contributed by atoms with Crippen LogP contribution in [0.2, 0.25) is 0 Å². The molecule has 2 atom stereocenters. The predicted octanol–water partition coefficient (Wildman–Crippen LogP) is 1.27. The van der Waals surface area contributed by atoms with Gasteiger partial charge in [0.2, 0.25) is 0 Å². The lowest BCUT2D eigenvalue weighted by atomic mass is 9.85. The van der Waals surface area contributed by atoms with Crippen molar-refractivity contribution < 1.29 is 4.74 Å². The van der Waals surface area contributed by atoms with E-state index in [1.165, 1.54) is 12.8 Å². The maximum Gasteiger partial charge on any atom is 0.0590 e. The maximum atomic E-state index is 5.94. The van der Waals surface area contributed by atoms with Gasteiger partial charge < -0.3 is 15.8 Å². The summed E-state index contributed by atoms with van der Waals surface area (Å²) in [5.41, 5.74) is 6.11. The second-order valence-corrected chi connectivity index (χ2v) is 5.16. The minimum Gasteiger partial charge on any atom is -0.378 e. The minimum absolute atomic E-state index is 0.168.